The molecule has 0 radical (unpaired) electrons. The molecule has 0 bridgehead atoms. The zero-order valence-corrected chi connectivity index (χ0v) is 11.5. The lowest BCUT2D eigenvalue weighted by Crippen LogP contribution is -2.13. The summed E-state index contributed by atoms with van der Waals surface area (Å²) in [7, 11) is 0. The molecule has 5 heteroatoms. The van der Waals surface area contributed by atoms with E-state index in [1.165, 1.54) is 18.2 Å². The van der Waals surface area contributed by atoms with Crippen molar-refractivity contribution in [1.29, 1.82) is 0 Å². The quantitative estimate of drug-likeness (QED) is 0.888. The molecule has 0 spiro atoms. The van der Waals surface area contributed by atoms with Crippen molar-refractivity contribution in [3.05, 3.63) is 69.4 Å². The lowest BCUT2D eigenvalue weighted by Gasteiger charge is -2.07. The van der Waals surface area contributed by atoms with Crippen molar-refractivity contribution < 1.29 is 13.2 Å². The summed E-state index contributed by atoms with van der Waals surface area (Å²) in [6.07, 6.45) is 0. The van der Waals surface area contributed by atoms with Crippen LogP contribution in [0.4, 0.5) is 13.2 Å². The Balaban J connectivity index is 1.94. The van der Waals surface area contributed by atoms with Crippen molar-refractivity contribution in [2.45, 2.75) is 13.1 Å². The molecule has 0 aliphatic heterocycles. The van der Waals surface area contributed by atoms with Gasteiger partial charge in [0.2, 0.25) is 0 Å². The molecule has 100 valence electrons. The van der Waals surface area contributed by atoms with Crippen LogP contribution in [0, 0.1) is 17.5 Å². The fourth-order valence-corrected chi connectivity index (χ4v) is 2.15. The first-order valence-electron chi connectivity index (χ1n) is 5.65. The second kappa shape index (κ2) is 6.21. The van der Waals surface area contributed by atoms with Crippen LogP contribution in [-0.4, -0.2) is 0 Å². The van der Waals surface area contributed by atoms with Gasteiger partial charge < -0.3 is 5.32 Å². The van der Waals surface area contributed by atoms with Gasteiger partial charge in [0.1, 0.15) is 5.82 Å². The summed E-state index contributed by atoms with van der Waals surface area (Å²) in [4.78, 5) is 0. The maximum absolute atomic E-state index is 13.0. The first-order chi connectivity index (χ1) is 9.06. The van der Waals surface area contributed by atoms with Gasteiger partial charge in [-0.15, -0.1) is 0 Å². The molecule has 0 unspecified atom stereocenters. The Morgan fingerprint density at radius 1 is 0.895 bits per heavy atom. The van der Waals surface area contributed by atoms with Crippen molar-refractivity contribution >= 4 is 15.9 Å². The largest absolute Gasteiger partial charge is 0.309 e. The summed E-state index contributed by atoms with van der Waals surface area (Å²) in [5, 5.41) is 3.08. The van der Waals surface area contributed by atoms with Crippen molar-refractivity contribution in [1.82, 2.24) is 5.32 Å². The highest BCUT2D eigenvalue weighted by molar-refractivity contribution is 9.10. The average Bonchev–Trinajstić information content (AvgIpc) is 2.36. The molecule has 0 atom stereocenters. The number of hydrogen-bond donors (Lipinski definition) is 1. The first kappa shape index (κ1) is 14.1. The number of rotatable bonds is 4. The van der Waals surface area contributed by atoms with E-state index in [-0.39, 0.29) is 5.82 Å². The van der Waals surface area contributed by atoms with Crippen LogP contribution in [0.25, 0.3) is 0 Å². The van der Waals surface area contributed by atoms with Crippen LogP contribution in [0.2, 0.25) is 0 Å². The van der Waals surface area contributed by atoms with Crippen LogP contribution in [0.15, 0.2) is 40.9 Å². The van der Waals surface area contributed by atoms with E-state index in [0.29, 0.717) is 23.1 Å². The zero-order chi connectivity index (χ0) is 13.8. The van der Waals surface area contributed by atoms with E-state index in [1.807, 2.05) is 0 Å². The third-order valence-electron chi connectivity index (χ3n) is 2.64. The SMILES string of the molecule is Fc1ccc(CNCc2ccc(F)c(F)c2)c(Br)c1. The Kier molecular flexibility index (Phi) is 4.61. The number of halogens is 4. The first-order valence-corrected chi connectivity index (χ1v) is 6.44. The van der Waals surface area contributed by atoms with Crippen molar-refractivity contribution in [2.75, 3.05) is 0 Å². The van der Waals surface area contributed by atoms with Crippen LogP contribution in [-0.2, 0) is 13.1 Å². The molecule has 0 aliphatic rings. The van der Waals surface area contributed by atoms with E-state index in [2.05, 4.69) is 21.2 Å². The van der Waals surface area contributed by atoms with E-state index in [9.17, 15) is 13.2 Å². The van der Waals surface area contributed by atoms with Crippen molar-refractivity contribution in [3.63, 3.8) is 0 Å². The van der Waals surface area contributed by atoms with E-state index in [0.717, 1.165) is 17.7 Å². The predicted molar refractivity (Wildman–Crippen MR) is 71.0 cm³/mol. The molecule has 0 fully saturated rings. The predicted octanol–water partition coefficient (Wildman–Crippen LogP) is 4.16. The molecule has 2 rings (SSSR count). The highest BCUT2D eigenvalue weighted by Crippen LogP contribution is 2.18. The van der Waals surface area contributed by atoms with Crippen molar-refractivity contribution in [3.8, 4) is 0 Å². The lowest BCUT2D eigenvalue weighted by atomic mass is 10.2. The molecule has 2 aromatic carbocycles. The van der Waals surface area contributed by atoms with Gasteiger partial charge in [0.15, 0.2) is 11.6 Å². The minimum absolute atomic E-state index is 0.309. The van der Waals surface area contributed by atoms with Crippen LogP contribution >= 0.6 is 15.9 Å². The molecule has 0 saturated heterocycles. The molecule has 0 amide bonds. The average molecular weight is 330 g/mol. The second-order valence-corrected chi connectivity index (χ2v) is 4.94. The highest BCUT2D eigenvalue weighted by Gasteiger charge is 2.04. The molecule has 2 aromatic rings. The minimum Gasteiger partial charge on any atom is -0.309 e. The molecular formula is C14H11BrF3N. The maximum Gasteiger partial charge on any atom is 0.159 e. The normalized spacial score (nSPS) is 10.7. The molecule has 0 aliphatic carbocycles. The Morgan fingerprint density at radius 3 is 2.37 bits per heavy atom. The van der Waals surface area contributed by atoms with Gasteiger partial charge in [-0.05, 0) is 35.4 Å². The van der Waals surface area contributed by atoms with E-state index in [1.54, 1.807) is 6.07 Å². The van der Waals surface area contributed by atoms with Gasteiger partial charge in [0.25, 0.3) is 0 Å². The summed E-state index contributed by atoms with van der Waals surface area (Å²) in [5.41, 5.74) is 1.54. The lowest BCUT2D eigenvalue weighted by molar-refractivity contribution is 0.506. The van der Waals surface area contributed by atoms with Gasteiger partial charge in [-0.3, -0.25) is 0 Å². The molecule has 0 heterocycles. The van der Waals surface area contributed by atoms with E-state index < -0.39 is 11.6 Å². The minimum atomic E-state index is -0.859. The smallest absolute Gasteiger partial charge is 0.159 e. The van der Waals surface area contributed by atoms with Gasteiger partial charge in [0.05, 0.1) is 0 Å². The molecule has 0 saturated carbocycles. The monoisotopic (exact) mass is 329 g/mol. The van der Waals surface area contributed by atoms with Crippen LogP contribution < -0.4 is 5.32 Å². The molecule has 19 heavy (non-hydrogen) atoms. The molecule has 1 N–H and O–H groups in total. The summed E-state index contributed by atoms with van der Waals surface area (Å²) < 4.78 is 39.3. The topological polar surface area (TPSA) is 12.0 Å². The Bertz CT molecular complexity index is 587. The van der Waals surface area contributed by atoms with Gasteiger partial charge in [0, 0.05) is 17.6 Å². The van der Waals surface area contributed by atoms with Gasteiger partial charge >= 0.3 is 0 Å². The highest BCUT2D eigenvalue weighted by atomic mass is 79.9. The fraction of sp³-hybridized carbons (Fsp3) is 0.143. The molecule has 1 nitrogen and oxygen atoms in total. The van der Waals surface area contributed by atoms with Gasteiger partial charge in [-0.2, -0.15) is 0 Å². The van der Waals surface area contributed by atoms with Crippen LogP contribution in [0.1, 0.15) is 11.1 Å². The number of benzene rings is 2. The third-order valence-corrected chi connectivity index (χ3v) is 3.38. The zero-order valence-electron chi connectivity index (χ0n) is 9.89. The second-order valence-electron chi connectivity index (χ2n) is 4.09. The number of hydrogen-bond acceptors (Lipinski definition) is 1. The summed E-state index contributed by atoms with van der Waals surface area (Å²) in [6, 6.07) is 8.19. The third kappa shape index (κ3) is 3.81. The Labute approximate surface area is 117 Å². The maximum atomic E-state index is 13.0. The molecular weight excluding hydrogens is 319 g/mol. The van der Waals surface area contributed by atoms with E-state index >= 15 is 0 Å². The fourth-order valence-electron chi connectivity index (χ4n) is 1.66. The Hall–Kier alpha value is -1.33. The van der Waals surface area contributed by atoms with Crippen LogP contribution in [0.5, 0.6) is 0 Å². The number of nitrogens with one attached hydrogen (secondary N) is 1. The summed E-state index contributed by atoms with van der Waals surface area (Å²) in [6.45, 7) is 0.904. The van der Waals surface area contributed by atoms with Crippen LogP contribution in [0.3, 0.4) is 0 Å². The Morgan fingerprint density at radius 2 is 1.68 bits per heavy atom. The summed E-state index contributed by atoms with van der Waals surface area (Å²) in [5.74, 6) is -2.02. The van der Waals surface area contributed by atoms with Gasteiger partial charge in [-0.1, -0.05) is 28.1 Å². The molecule has 0 aromatic heterocycles. The van der Waals surface area contributed by atoms with Crippen molar-refractivity contribution in [2.24, 2.45) is 0 Å². The standard InChI is InChI=1S/C14H11BrF3N/c15-12-6-11(16)3-2-10(12)8-19-7-9-1-4-13(17)14(18)5-9/h1-6,19H,7-8H2. The summed E-state index contributed by atoms with van der Waals surface area (Å²) >= 11 is 3.27. The van der Waals surface area contributed by atoms with Gasteiger partial charge in [-0.25, -0.2) is 13.2 Å². The van der Waals surface area contributed by atoms with E-state index in [4.69, 9.17) is 0 Å².